The Morgan fingerprint density at radius 1 is 1.10 bits per heavy atom. The summed E-state index contributed by atoms with van der Waals surface area (Å²) >= 11 is 7.18. The highest BCUT2D eigenvalue weighted by atomic mass is 35.5. The van der Waals surface area contributed by atoms with Crippen molar-refractivity contribution < 1.29 is 0 Å². The molecule has 1 fully saturated rings. The fraction of sp³-hybridized carbons (Fsp3) is 0.385. The van der Waals surface area contributed by atoms with Gasteiger partial charge in [-0.2, -0.15) is 15.0 Å². The van der Waals surface area contributed by atoms with Crippen molar-refractivity contribution in [2.24, 2.45) is 0 Å². The Morgan fingerprint density at radius 2 is 1.90 bits per heavy atom. The average Bonchev–Trinajstić information content (AvgIpc) is 2.50. The fourth-order valence-electron chi connectivity index (χ4n) is 2.16. The Balaban J connectivity index is 1.81. The number of hydrogen-bond donors (Lipinski definition) is 1. The van der Waals surface area contributed by atoms with Gasteiger partial charge in [-0.15, -0.1) is 0 Å². The largest absolute Gasteiger partial charge is 0.368 e. The summed E-state index contributed by atoms with van der Waals surface area (Å²) in [5.41, 5.74) is 5.80. The fourth-order valence-corrected chi connectivity index (χ4v) is 2.96. The quantitative estimate of drug-likeness (QED) is 0.930. The van der Waals surface area contributed by atoms with Crippen molar-refractivity contribution >= 4 is 35.3 Å². The molecule has 2 aromatic rings. The van der Waals surface area contributed by atoms with Crippen LogP contribution in [0.3, 0.4) is 0 Å². The summed E-state index contributed by atoms with van der Waals surface area (Å²) < 4.78 is 0. The van der Waals surface area contributed by atoms with Crippen molar-refractivity contribution in [1.29, 1.82) is 0 Å². The first-order chi connectivity index (χ1) is 10.2. The summed E-state index contributed by atoms with van der Waals surface area (Å²) in [5, 5.41) is 1.93. The second-order valence-corrected chi connectivity index (χ2v) is 6.16. The molecule has 6 nitrogen and oxygen atoms in total. The topological polar surface area (TPSA) is 80.8 Å². The number of nitrogen functional groups attached to an aromatic ring is 1. The smallest absolute Gasteiger partial charge is 0.231 e. The molecule has 0 atom stereocenters. The monoisotopic (exact) mass is 322 g/mol. The van der Waals surface area contributed by atoms with Gasteiger partial charge in [0.2, 0.25) is 17.1 Å². The van der Waals surface area contributed by atoms with Crippen LogP contribution in [0, 0.1) is 0 Å². The van der Waals surface area contributed by atoms with Gasteiger partial charge in [0.25, 0.3) is 0 Å². The Kier molecular flexibility index (Phi) is 4.40. The molecule has 0 aromatic carbocycles. The van der Waals surface area contributed by atoms with Crippen LogP contribution in [0.1, 0.15) is 19.3 Å². The van der Waals surface area contributed by atoms with E-state index in [0.29, 0.717) is 16.1 Å². The Hall–Kier alpha value is -1.60. The Bertz CT molecular complexity index is 615. The molecule has 110 valence electrons. The highest BCUT2D eigenvalue weighted by molar-refractivity contribution is 7.99. The van der Waals surface area contributed by atoms with Crippen LogP contribution < -0.4 is 10.6 Å². The molecule has 0 saturated carbocycles. The van der Waals surface area contributed by atoms with Crippen LogP contribution in [-0.4, -0.2) is 33.0 Å². The molecule has 8 heteroatoms. The van der Waals surface area contributed by atoms with E-state index in [0.717, 1.165) is 31.0 Å². The molecule has 0 unspecified atom stereocenters. The van der Waals surface area contributed by atoms with E-state index in [1.165, 1.54) is 18.2 Å². The van der Waals surface area contributed by atoms with E-state index in [9.17, 15) is 0 Å². The van der Waals surface area contributed by atoms with E-state index >= 15 is 0 Å². The number of nitrogens with two attached hydrogens (primary N) is 1. The van der Waals surface area contributed by atoms with E-state index in [2.05, 4.69) is 24.8 Å². The molecule has 3 heterocycles. The SMILES string of the molecule is Nc1nc(Sc2ccc(Cl)cn2)nc(N2CCCCC2)n1. The van der Waals surface area contributed by atoms with Crippen molar-refractivity contribution in [2.75, 3.05) is 23.7 Å². The summed E-state index contributed by atoms with van der Waals surface area (Å²) in [6.07, 6.45) is 5.17. The molecule has 21 heavy (non-hydrogen) atoms. The lowest BCUT2D eigenvalue weighted by Crippen LogP contribution is -2.31. The second-order valence-electron chi connectivity index (χ2n) is 4.74. The van der Waals surface area contributed by atoms with Gasteiger partial charge in [-0.1, -0.05) is 11.6 Å². The van der Waals surface area contributed by atoms with Crippen LogP contribution in [0.5, 0.6) is 0 Å². The van der Waals surface area contributed by atoms with Crippen LogP contribution in [-0.2, 0) is 0 Å². The number of anilines is 2. The third kappa shape index (κ3) is 3.74. The van der Waals surface area contributed by atoms with Crippen LogP contribution in [0.15, 0.2) is 28.5 Å². The number of rotatable bonds is 3. The number of nitrogens with zero attached hydrogens (tertiary/aromatic N) is 5. The molecule has 1 aliphatic rings. The third-order valence-electron chi connectivity index (χ3n) is 3.16. The van der Waals surface area contributed by atoms with Crippen molar-refractivity contribution in [3.05, 3.63) is 23.4 Å². The minimum atomic E-state index is 0.238. The maximum Gasteiger partial charge on any atom is 0.231 e. The predicted molar refractivity (Wildman–Crippen MR) is 83.7 cm³/mol. The van der Waals surface area contributed by atoms with Crippen LogP contribution in [0.25, 0.3) is 0 Å². The van der Waals surface area contributed by atoms with E-state index < -0.39 is 0 Å². The van der Waals surface area contributed by atoms with E-state index in [-0.39, 0.29) is 5.95 Å². The lowest BCUT2D eigenvalue weighted by atomic mass is 10.1. The van der Waals surface area contributed by atoms with E-state index in [1.54, 1.807) is 12.3 Å². The zero-order valence-corrected chi connectivity index (χ0v) is 12.9. The molecule has 2 N–H and O–H groups in total. The Labute approximate surface area is 132 Å². The van der Waals surface area contributed by atoms with Gasteiger partial charge < -0.3 is 10.6 Å². The number of aromatic nitrogens is 4. The molecule has 1 aliphatic heterocycles. The van der Waals surface area contributed by atoms with Crippen molar-refractivity contribution in [1.82, 2.24) is 19.9 Å². The second kappa shape index (κ2) is 6.44. The molecule has 1 saturated heterocycles. The lowest BCUT2D eigenvalue weighted by Gasteiger charge is -2.26. The molecule has 0 amide bonds. The highest BCUT2D eigenvalue weighted by Gasteiger charge is 2.16. The molecule has 0 radical (unpaired) electrons. The summed E-state index contributed by atoms with van der Waals surface area (Å²) in [7, 11) is 0. The zero-order valence-electron chi connectivity index (χ0n) is 11.4. The lowest BCUT2D eigenvalue weighted by molar-refractivity contribution is 0.565. The Morgan fingerprint density at radius 3 is 2.62 bits per heavy atom. The van der Waals surface area contributed by atoms with Gasteiger partial charge in [0.05, 0.1) is 5.02 Å². The summed E-state index contributed by atoms with van der Waals surface area (Å²) in [6, 6.07) is 3.61. The number of piperidine rings is 1. The first-order valence-electron chi connectivity index (χ1n) is 6.76. The van der Waals surface area contributed by atoms with Crippen molar-refractivity contribution in [2.45, 2.75) is 29.4 Å². The maximum absolute atomic E-state index is 5.83. The van der Waals surface area contributed by atoms with Gasteiger partial charge in [-0.05, 0) is 43.2 Å². The van der Waals surface area contributed by atoms with Gasteiger partial charge in [0.15, 0.2) is 0 Å². The molecule has 0 spiro atoms. The molecule has 0 bridgehead atoms. The number of hydrogen-bond acceptors (Lipinski definition) is 7. The van der Waals surface area contributed by atoms with Crippen LogP contribution >= 0.6 is 23.4 Å². The first kappa shape index (κ1) is 14.3. The molecule has 3 rings (SSSR count). The van der Waals surface area contributed by atoms with Crippen LogP contribution in [0.4, 0.5) is 11.9 Å². The van der Waals surface area contributed by atoms with Crippen molar-refractivity contribution in [3.8, 4) is 0 Å². The molecule has 2 aromatic heterocycles. The molecular weight excluding hydrogens is 308 g/mol. The van der Waals surface area contributed by atoms with Gasteiger partial charge >= 0.3 is 0 Å². The van der Waals surface area contributed by atoms with Gasteiger partial charge in [-0.3, -0.25) is 0 Å². The molecule has 0 aliphatic carbocycles. The highest BCUT2D eigenvalue weighted by Crippen LogP contribution is 2.26. The van der Waals surface area contributed by atoms with E-state index in [1.807, 2.05) is 6.07 Å². The average molecular weight is 323 g/mol. The first-order valence-corrected chi connectivity index (χ1v) is 7.96. The van der Waals surface area contributed by atoms with Gasteiger partial charge in [0, 0.05) is 19.3 Å². The zero-order chi connectivity index (χ0) is 14.7. The van der Waals surface area contributed by atoms with E-state index in [4.69, 9.17) is 17.3 Å². The van der Waals surface area contributed by atoms with Gasteiger partial charge in [0.1, 0.15) is 5.03 Å². The predicted octanol–water partition coefficient (Wildman–Crippen LogP) is 2.64. The number of halogens is 1. The van der Waals surface area contributed by atoms with Crippen molar-refractivity contribution in [3.63, 3.8) is 0 Å². The number of pyridine rings is 1. The minimum Gasteiger partial charge on any atom is -0.368 e. The van der Waals surface area contributed by atoms with Gasteiger partial charge in [-0.25, -0.2) is 4.98 Å². The summed E-state index contributed by atoms with van der Waals surface area (Å²) in [4.78, 5) is 19.3. The standard InChI is InChI=1S/C13H15ClN6S/c14-9-4-5-10(16-8-9)21-13-18-11(15)17-12(19-13)20-6-2-1-3-7-20/h4-5,8H,1-3,6-7H2,(H2,15,17,18,19). The summed E-state index contributed by atoms with van der Waals surface area (Å²) in [6.45, 7) is 1.93. The maximum atomic E-state index is 5.83. The summed E-state index contributed by atoms with van der Waals surface area (Å²) in [5.74, 6) is 0.890. The molecular formula is C13H15ClN6S. The third-order valence-corrected chi connectivity index (χ3v) is 4.19. The minimum absolute atomic E-state index is 0.238. The van der Waals surface area contributed by atoms with Crippen LogP contribution in [0.2, 0.25) is 5.02 Å². The normalized spacial score (nSPS) is 15.2.